The highest BCUT2D eigenvalue weighted by Crippen LogP contribution is 2.44. The van der Waals surface area contributed by atoms with Gasteiger partial charge in [-0.1, -0.05) is 25.4 Å². The van der Waals surface area contributed by atoms with E-state index in [0.29, 0.717) is 28.5 Å². The van der Waals surface area contributed by atoms with Gasteiger partial charge in [0.2, 0.25) is 6.79 Å². The van der Waals surface area contributed by atoms with Crippen LogP contribution in [0.15, 0.2) is 6.07 Å². The number of fused-ring (bicyclic) bond motifs is 3. The van der Waals surface area contributed by atoms with Crippen LogP contribution in [0.4, 0.5) is 0 Å². The summed E-state index contributed by atoms with van der Waals surface area (Å²) < 4.78 is 10.9. The average Bonchev–Trinajstić information content (AvgIpc) is 2.94. The molecule has 0 bridgehead atoms. The average molecular weight is 324 g/mol. The van der Waals surface area contributed by atoms with E-state index in [4.69, 9.17) is 21.1 Å². The second-order valence-electron chi connectivity index (χ2n) is 5.97. The van der Waals surface area contributed by atoms with Crippen molar-refractivity contribution in [3.05, 3.63) is 22.2 Å². The lowest BCUT2D eigenvalue weighted by atomic mass is 9.85. The van der Waals surface area contributed by atoms with Gasteiger partial charge in [0.05, 0.1) is 5.56 Å². The molecule has 1 atom stereocenters. The summed E-state index contributed by atoms with van der Waals surface area (Å²) in [6.45, 7) is 6.54. The number of carbonyl (C=O) groups excluding carboxylic acids is 1. The fourth-order valence-electron chi connectivity index (χ4n) is 3.48. The minimum atomic E-state index is 0.118. The Kier molecular flexibility index (Phi) is 4.59. The summed E-state index contributed by atoms with van der Waals surface area (Å²) in [5.41, 5.74) is 1.56. The summed E-state index contributed by atoms with van der Waals surface area (Å²) in [5, 5.41) is 0.616. The van der Waals surface area contributed by atoms with Crippen LogP contribution in [-0.4, -0.2) is 36.6 Å². The molecule has 22 heavy (non-hydrogen) atoms. The number of rotatable bonds is 5. The largest absolute Gasteiger partial charge is 0.454 e. The Morgan fingerprint density at radius 1 is 1.23 bits per heavy atom. The van der Waals surface area contributed by atoms with Crippen LogP contribution in [0.2, 0.25) is 5.02 Å². The molecule has 2 aliphatic rings. The zero-order chi connectivity index (χ0) is 15.7. The molecular formula is C17H22ClNO3. The molecule has 4 nitrogen and oxygen atoms in total. The van der Waals surface area contributed by atoms with E-state index in [1.807, 2.05) is 0 Å². The minimum Gasteiger partial charge on any atom is -0.454 e. The zero-order valence-electron chi connectivity index (χ0n) is 13.2. The van der Waals surface area contributed by atoms with Gasteiger partial charge >= 0.3 is 0 Å². The highest BCUT2D eigenvalue weighted by molar-refractivity contribution is 6.32. The molecule has 0 aromatic heterocycles. The molecule has 0 radical (unpaired) electrons. The molecule has 0 fully saturated rings. The number of Topliss-reactive ketones (excluding diaryl/α,β-unsaturated/α-hetero) is 1. The van der Waals surface area contributed by atoms with Gasteiger partial charge in [0.1, 0.15) is 0 Å². The monoisotopic (exact) mass is 323 g/mol. The predicted octanol–water partition coefficient (Wildman–Crippen LogP) is 3.69. The van der Waals surface area contributed by atoms with E-state index in [9.17, 15) is 4.79 Å². The van der Waals surface area contributed by atoms with Crippen molar-refractivity contribution < 1.29 is 14.3 Å². The van der Waals surface area contributed by atoms with Crippen LogP contribution in [0.5, 0.6) is 11.5 Å². The van der Waals surface area contributed by atoms with Gasteiger partial charge in [0.25, 0.3) is 0 Å². The van der Waals surface area contributed by atoms with Gasteiger partial charge in [-0.15, -0.1) is 0 Å². The smallest absolute Gasteiger partial charge is 0.231 e. The quantitative estimate of drug-likeness (QED) is 0.828. The third kappa shape index (κ3) is 2.70. The topological polar surface area (TPSA) is 38.8 Å². The lowest BCUT2D eigenvalue weighted by Crippen LogP contribution is -2.42. The van der Waals surface area contributed by atoms with Crippen LogP contribution in [-0.2, 0) is 6.42 Å². The lowest BCUT2D eigenvalue weighted by Gasteiger charge is -2.34. The van der Waals surface area contributed by atoms with E-state index >= 15 is 0 Å². The number of ketones is 1. The molecule has 0 saturated carbocycles. The molecule has 1 aromatic rings. The fraction of sp³-hybridized carbons (Fsp3) is 0.588. The Morgan fingerprint density at radius 2 is 1.95 bits per heavy atom. The Labute approximate surface area is 136 Å². The highest BCUT2D eigenvalue weighted by atomic mass is 35.5. The van der Waals surface area contributed by atoms with Gasteiger partial charge in [-0.2, -0.15) is 0 Å². The van der Waals surface area contributed by atoms with Crippen molar-refractivity contribution in [2.75, 3.05) is 19.9 Å². The molecule has 1 heterocycles. The molecule has 0 spiro atoms. The first-order valence-corrected chi connectivity index (χ1v) is 8.41. The number of ether oxygens (including phenoxy) is 2. The summed E-state index contributed by atoms with van der Waals surface area (Å²) in [7, 11) is 0. The summed E-state index contributed by atoms with van der Waals surface area (Å²) in [5.74, 6) is 1.29. The first-order chi connectivity index (χ1) is 10.7. The maximum atomic E-state index is 12.7. The second-order valence-corrected chi connectivity index (χ2v) is 6.37. The summed E-state index contributed by atoms with van der Waals surface area (Å²) >= 11 is 6.41. The Hall–Kier alpha value is -1.26. The number of carbonyl (C=O) groups is 1. The summed E-state index contributed by atoms with van der Waals surface area (Å²) in [6.07, 6.45) is 3.51. The molecule has 3 rings (SSSR count). The van der Waals surface area contributed by atoms with Gasteiger partial charge < -0.3 is 9.47 Å². The Morgan fingerprint density at radius 3 is 2.64 bits per heavy atom. The predicted molar refractivity (Wildman–Crippen MR) is 86.2 cm³/mol. The van der Waals surface area contributed by atoms with Gasteiger partial charge in [-0.3, -0.25) is 9.69 Å². The molecule has 120 valence electrons. The van der Waals surface area contributed by atoms with E-state index in [1.54, 1.807) is 6.07 Å². The third-order valence-corrected chi connectivity index (χ3v) is 4.73. The van der Waals surface area contributed by atoms with Crippen molar-refractivity contribution in [3.63, 3.8) is 0 Å². The highest BCUT2D eigenvalue weighted by Gasteiger charge is 2.35. The summed E-state index contributed by atoms with van der Waals surface area (Å²) in [4.78, 5) is 15.1. The number of benzene rings is 1. The number of halogens is 1. The zero-order valence-corrected chi connectivity index (χ0v) is 13.9. The van der Waals surface area contributed by atoms with E-state index < -0.39 is 0 Å². The number of nitrogens with zero attached hydrogens (tertiary/aromatic N) is 1. The molecule has 0 saturated heterocycles. The van der Waals surface area contributed by atoms with E-state index in [-0.39, 0.29) is 18.6 Å². The second kappa shape index (κ2) is 6.47. The van der Waals surface area contributed by atoms with Crippen molar-refractivity contribution in [1.82, 2.24) is 4.90 Å². The van der Waals surface area contributed by atoms with Gasteiger partial charge in [-0.05, 0) is 37.9 Å². The molecule has 1 unspecified atom stereocenters. The van der Waals surface area contributed by atoms with E-state index in [2.05, 4.69) is 18.7 Å². The minimum absolute atomic E-state index is 0.118. The van der Waals surface area contributed by atoms with Crippen LogP contribution in [0.1, 0.15) is 49.0 Å². The van der Waals surface area contributed by atoms with Crippen LogP contribution in [0.3, 0.4) is 0 Å². The van der Waals surface area contributed by atoms with Crippen molar-refractivity contribution in [3.8, 4) is 11.5 Å². The third-order valence-electron chi connectivity index (χ3n) is 4.39. The molecule has 0 N–H and O–H groups in total. The molecule has 1 aliphatic carbocycles. The number of hydrogen-bond acceptors (Lipinski definition) is 4. The van der Waals surface area contributed by atoms with Crippen LogP contribution in [0.25, 0.3) is 0 Å². The van der Waals surface area contributed by atoms with E-state index in [1.165, 1.54) is 0 Å². The van der Waals surface area contributed by atoms with Crippen LogP contribution >= 0.6 is 11.6 Å². The van der Waals surface area contributed by atoms with Crippen molar-refractivity contribution >= 4 is 17.4 Å². The van der Waals surface area contributed by atoms with E-state index in [0.717, 1.165) is 37.9 Å². The SMILES string of the molecule is CCCN(CCC)C1CC(=O)c2c(c(Cl)cc3c2OCO3)C1. The first kappa shape index (κ1) is 15.6. The maximum Gasteiger partial charge on any atom is 0.231 e. The van der Waals surface area contributed by atoms with Crippen molar-refractivity contribution in [1.29, 1.82) is 0 Å². The molecule has 5 heteroatoms. The summed E-state index contributed by atoms with van der Waals surface area (Å²) in [6, 6.07) is 2.01. The maximum absolute atomic E-state index is 12.7. The van der Waals surface area contributed by atoms with Gasteiger partial charge in [0.15, 0.2) is 17.3 Å². The molecule has 0 amide bonds. The van der Waals surface area contributed by atoms with Gasteiger partial charge in [-0.25, -0.2) is 0 Å². The van der Waals surface area contributed by atoms with Crippen molar-refractivity contribution in [2.45, 2.75) is 45.6 Å². The molecule has 1 aliphatic heterocycles. The Bertz CT molecular complexity index is 582. The normalized spacial score (nSPS) is 19.6. The van der Waals surface area contributed by atoms with Crippen LogP contribution in [0, 0.1) is 0 Å². The van der Waals surface area contributed by atoms with Gasteiger partial charge in [0, 0.05) is 23.6 Å². The first-order valence-electron chi connectivity index (χ1n) is 8.03. The molecular weight excluding hydrogens is 302 g/mol. The Balaban J connectivity index is 1.94. The lowest BCUT2D eigenvalue weighted by molar-refractivity contribution is 0.0889. The van der Waals surface area contributed by atoms with Crippen LogP contribution < -0.4 is 9.47 Å². The fourth-order valence-corrected chi connectivity index (χ4v) is 3.75. The van der Waals surface area contributed by atoms with Crippen molar-refractivity contribution in [2.24, 2.45) is 0 Å². The number of hydrogen-bond donors (Lipinski definition) is 0. The standard InChI is InChI=1S/C17H22ClNO3/c1-3-5-19(6-4-2)11-7-12-13(18)9-15-17(22-10-21-15)16(12)14(20)8-11/h9,11H,3-8,10H2,1-2H3. The molecule has 1 aromatic carbocycles.